The van der Waals surface area contributed by atoms with Crippen LogP contribution in [0.5, 0.6) is 0 Å². The number of hydrogen-bond acceptors (Lipinski definition) is 2. The lowest BCUT2D eigenvalue weighted by molar-refractivity contribution is -0.138. The summed E-state index contributed by atoms with van der Waals surface area (Å²) in [6.45, 7) is 0.932. The summed E-state index contributed by atoms with van der Waals surface area (Å²) in [4.78, 5) is 23.4. The van der Waals surface area contributed by atoms with Gasteiger partial charge < -0.3 is 9.88 Å². The predicted molar refractivity (Wildman–Crippen MR) is 75.5 cm³/mol. The van der Waals surface area contributed by atoms with E-state index in [9.17, 15) is 27.2 Å². The first-order valence-electron chi connectivity index (χ1n) is 6.50. The second-order valence-corrected chi connectivity index (χ2v) is 4.89. The number of rotatable bonds is 3. The first kappa shape index (κ1) is 16.7. The molecule has 1 aromatic carbocycles. The maximum atomic E-state index is 13.4. The summed E-state index contributed by atoms with van der Waals surface area (Å²) in [6, 6.07) is 5.36. The third-order valence-electron chi connectivity index (χ3n) is 3.08. The molecule has 0 aliphatic carbocycles. The monoisotopic (exact) mass is 328 g/mol. The lowest BCUT2D eigenvalue weighted by Gasteiger charge is -2.11. The number of nitrogens with one attached hydrogen (secondary N) is 1. The third kappa shape index (κ3) is 4.18. The van der Waals surface area contributed by atoms with Gasteiger partial charge in [0.2, 0.25) is 5.91 Å². The van der Waals surface area contributed by atoms with Crippen molar-refractivity contribution in [1.29, 1.82) is 0 Å². The quantitative estimate of drug-likeness (QED) is 0.881. The summed E-state index contributed by atoms with van der Waals surface area (Å²) < 4.78 is 51.8. The Bertz CT molecular complexity index is 797. The molecule has 122 valence electrons. The van der Waals surface area contributed by atoms with Crippen molar-refractivity contribution in [3.8, 4) is 0 Å². The molecule has 0 radical (unpaired) electrons. The van der Waals surface area contributed by atoms with Gasteiger partial charge in [0.1, 0.15) is 12.4 Å². The molecule has 0 saturated carbocycles. The van der Waals surface area contributed by atoms with Crippen LogP contribution in [0, 0.1) is 12.7 Å². The second-order valence-electron chi connectivity index (χ2n) is 4.89. The molecule has 0 aliphatic rings. The van der Waals surface area contributed by atoms with Crippen LogP contribution in [0.2, 0.25) is 0 Å². The van der Waals surface area contributed by atoms with Crippen molar-refractivity contribution in [2.45, 2.75) is 19.6 Å². The van der Waals surface area contributed by atoms with Crippen LogP contribution in [0.1, 0.15) is 11.1 Å². The zero-order chi connectivity index (χ0) is 17.2. The zero-order valence-electron chi connectivity index (χ0n) is 11.9. The Balaban J connectivity index is 2.17. The lowest BCUT2D eigenvalue weighted by atomic mass is 10.2. The number of aromatic nitrogens is 1. The van der Waals surface area contributed by atoms with Crippen molar-refractivity contribution < 1.29 is 22.4 Å². The molecular weight excluding hydrogens is 316 g/mol. The zero-order valence-corrected chi connectivity index (χ0v) is 11.9. The van der Waals surface area contributed by atoms with Crippen molar-refractivity contribution >= 4 is 11.6 Å². The van der Waals surface area contributed by atoms with E-state index in [1.807, 2.05) is 0 Å². The van der Waals surface area contributed by atoms with E-state index >= 15 is 0 Å². The van der Waals surface area contributed by atoms with Gasteiger partial charge >= 0.3 is 6.18 Å². The molecule has 0 spiro atoms. The summed E-state index contributed by atoms with van der Waals surface area (Å²) >= 11 is 0. The molecule has 2 aromatic rings. The maximum absolute atomic E-state index is 13.4. The molecule has 4 nitrogen and oxygen atoms in total. The molecule has 0 unspecified atom stereocenters. The average Bonchev–Trinajstić information content (AvgIpc) is 2.44. The van der Waals surface area contributed by atoms with E-state index in [2.05, 4.69) is 5.32 Å². The van der Waals surface area contributed by atoms with Crippen LogP contribution in [-0.4, -0.2) is 10.5 Å². The Hall–Kier alpha value is -2.64. The van der Waals surface area contributed by atoms with Crippen LogP contribution in [0.15, 0.2) is 41.3 Å². The molecule has 2 rings (SSSR count). The third-order valence-corrected chi connectivity index (χ3v) is 3.08. The highest BCUT2D eigenvalue weighted by molar-refractivity contribution is 5.90. The fraction of sp³-hybridized carbons (Fsp3) is 0.200. The molecule has 1 amide bonds. The summed E-state index contributed by atoms with van der Waals surface area (Å²) in [5, 5.41) is 2.32. The van der Waals surface area contributed by atoms with Crippen molar-refractivity contribution in [2.24, 2.45) is 0 Å². The number of aryl methyl sites for hydroxylation is 1. The number of amides is 1. The highest BCUT2D eigenvalue weighted by atomic mass is 19.4. The Labute approximate surface area is 128 Å². The Morgan fingerprint density at radius 3 is 2.52 bits per heavy atom. The minimum absolute atomic E-state index is 0.151. The van der Waals surface area contributed by atoms with Crippen LogP contribution in [-0.2, 0) is 17.5 Å². The van der Waals surface area contributed by atoms with Crippen LogP contribution < -0.4 is 10.9 Å². The molecule has 0 saturated heterocycles. The standard InChI is InChI=1S/C15H12F4N2O2/c1-9-2-4-11(6-12(9)16)20-13(22)8-21-7-10(15(17,18)19)3-5-14(21)23/h2-7H,8H2,1H3,(H,20,22). The second kappa shape index (κ2) is 6.23. The number of benzene rings is 1. The summed E-state index contributed by atoms with van der Waals surface area (Å²) in [5.74, 6) is -1.27. The van der Waals surface area contributed by atoms with Gasteiger partial charge in [-0.2, -0.15) is 13.2 Å². The maximum Gasteiger partial charge on any atom is 0.417 e. The largest absolute Gasteiger partial charge is 0.417 e. The van der Waals surface area contributed by atoms with Crippen molar-refractivity contribution in [2.75, 3.05) is 5.32 Å². The SMILES string of the molecule is Cc1ccc(NC(=O)Cn2cc(C(F)(F)F)ccc2=O)cc1F. The number of nitrogens with zero attached hydrogens (tertiary/aromatic N) is 1. The van der Waals surface area contributed by atoms with Gasteiger partial charge in [-0.05, 0) is 30.7 Å². The van der Waals surface area contributed by atoms with Crippen molar-refractivity contribution in [3.63, 3.8) is 0 Å². The molecule has 0 fully saturated rings. The number of pyridine rings is 1. The van der Waals surface area contributed by atoms with E-state index in [1.54, 1.807) is 6.92 Å². The number of halogens is 4. The number of carbonyl (C=O) groups excluding carboxylic acids is 1. The number of alkyl halides is 3. The molecule has 1 heterocycles. The van der Waals surface area contributed by atoms with E-state index < -0.39 is 35.6 Å². The van der Waals surface area contributed by atoms with Crippen LogP contribution in [0.25, 0.3) is 0 Å². The van der Waals surface area contributed by atoms with Gasteiger partial charge in [0.15, 0.2) is 0 Å². The summed E-state index contributed by atoms with van der Waals surface area (Å²) in [7, 11) is 0. The Morgan fingerprint density at radius 1 is 1.22 bits per heavy atom. The number of anilines is 1. The van der Waals surface area contributed by atoms with Crippen molar-refractivity contribution in [3.05, 3.63) is 63.8 Å². The lowest BCUT2D eigenvalue weighted by Crippen LogP contribution is -2.28. The number of carbonyl (C=O) groups is 1. The molecule has 1 aromatic heterocycles. The topological polar surface area (TPSA) is 51.1 Å². The molecule has 0 aliphatic heterocycles. The first-order chi connectivity index (χ1) is 10.7. The van der Waals surface area contributed by atoms with E-state index in [0.717, 1.165) is 12.1 Å². The highest BCUT2D eigenvalue weighted by Crippen LogP contribution is 2.28. The van der Waals surface area contributed by atoms with Crippen LogP contribution in [0.3, 0.4) is 0 Å². The highest BCUT2D eigenvalue weighted by Gasteiger charge is 2.31. The van der Waals surface area contributed by atoms with Gasteiger partial charge in [0, 0.05) is 18.0 Å². The molecule has 8 heteroatoms. The van der Waals surface area contributed by atoms with Gasteiger partial charge in [-0.15, -0.1) is 0 Å². The van der Waals surface area contributed by atoms with E-state index in [-0.39, 0.29) is 5.69 Å². The van der Waals surface area contributed by atoms with E-state index in [0.29, 0.717) is 22.4 Å². The van der Waals surface area contributed by atoms with Gasteiger partial charge in [-0.1, -0.05) is 6.07 Å². The Morgan fingerprint density at radius 2 is 1.91 bits per heavy atom. The Kier molecular flexibility index (Phi) is 4.53. The molecular formula is C15H12F4N2O2. The van der Waals surface area contributed by atoms with E-state index in [4.69, 9.17) is 0 Å². The van der Waals surface area contributed by atoms with Crippen LogP contribution in [0.4, 0.5) is 23.2 Å². The van der Waals surface area contributed by atoms with E-state index in [1.165, 1.54) is 12.1 Å². The molecule has 0 atom stereocenters. The number of hydrogen-bond donors (Lipinski definition) is 1. The molecule has 1 N–H and O–H groups in total. The smallest absolute Gasteiger partial charge is 0.324 e. The normalized spacial score (nSPS) is 11.3. The molecule has 23 heavy (non-hydrogen) atoms. The van der Waals surface area contributed by atoms with Gasteiger partial charge in [-0.25, -0.2) is 4.39 Å². The minimum Gasteiger partial charge on any atom is -0.324 e. The first-order valence-corrected chi connectivity index (χ1v) is 6.50. The average molecular weight is 328 g/mol. The van der Waals surface area contributed by atoms with Gasteiger partial charge in [0.25, 0.3) is 5.56 Å². The summed E-state index contributed by atoms with van der Waals surface area (Å²) in [5.41, 5.74) is -1.25. The predicted octanol–water partition coefficient (Wildman–Crippen LogP) is 2.95. The molecule has 0 bridgehead atoms. The van der Waals surface area contributed by atoms with Gasteiger partial charge in [-0.3, -0.25) is 9.59 Å². The minimum atomic E-state index is -4.62. The fourth-order valence-electron chi connectivity index (χ4n) is 1.85. The van der Waals surface area contributed by atoms with Gasteiger partial charge in [0.05, 0.1) is 5.56 Å². The van der Waals surface area contributed by atoms with Crippen LogP contribution >= 0.6 is 0 Å². The van der Waals surface area contributed by atoms with Crippen molar-refractivity contribution in [1.82, 2.24) is 4.57 Å². The summed E-state index contributed by atoms with van der Waals surface area (Å²) in [6.07, 6.45) is -4.05. The fourth-order valence-corrected chi connectivity index (χ4v) is 1.85.